The second-order valence-corrected chi connectivity index (χ2v) is 8.92. The molecule has 1 saturated heterocycles. The molecule has 2 heterocycles. The normalized spacial score (nSPS) is 16.1. The van der Waals surface area contributed by atoms with Crippen LogP contribution in [0.3, 0.4) is 0 Å². The largest absolute Gasteiger partial charge is 0.494 e. The predicted molar refractivity (Wildman–Crippen MR) is 130 cm³/mol. The number of hydrogen-bond donors (Lipinski definition) is 0. The monoisotopic (exact) mass is 489 g/mol. The van der Waals surface area contributed by atoms with Gasteiger partial charge in [-0.05, 0) is 61.0 Å². The molecule has 0 N–H and O–H groups in total. The molecule has 5 rings (SSSR count). The molecule has 4 aromatic rings. The van der Waals surface area contributed by atoms with Gasteiger partial charge in [-0.3, -0.25) is 4.79 Å². The highest BCUT2D eigenvalue weighted by Gasteiger charge is 2.34. The third-order valence-electron chi connectivity index (χ3n) is 5.86. The fourth-order valence-electron chi connectivity index (χ4n) is 4.41. The topological polar surface area (TPSA) is 47.4 Å². The smallest absolute Gasteiger partial charge is 0.227 e. The van der Waals surface area contributed by atoms with E-state index in [1.165, 1.54) is 5.56 Å². The molecule has 162 valence electrons. The Labute approximate surface area is 195 Å². The average molecular weight is 490 g/mol. The molecule has 1 fully saturated rings. The Hall–Kier alpha value is -3.12. The van der Waals surface area contributed by atoms with Crippen molar-refractivity contribution in [2.24, 2.45) is 0 Å². The molecule has 0 aliphatic carbocycles. The molecule has 1 aromatic heterocycles. The molecule has 1 unspecified atom stereocenters. The molecular weight excluding hydrogens is 466 g/mol. The average Bonchev–Trinajstić information content (AvgIpc) is 3.35. The summed E-state index contributed by atoms with van der Waals surface area (Å²) in [7, 11) is 0. The Morgan fingerprint density at radius 3 is 2.66 bits per heavy atom. The summed E-state index contributed by atoms with van der Waals surface area (Å²) in [5, 5.41) is 0. The molecule has 1 atom stereocenters. The van der Waals surface area contributed by atoms with Crippen LogP contribution in [0.25, 0.3) is 11.0 Å². The van der Waals surface area contributed by atoms with Gasteiger partial charge in [0.15, 0.2) is 0 Å². The van der Waals surface area contributed by atoms with Crippen LogP contribution in [0.15, 0.2) is 77.3 Å². The van der Waals surface area contributed by atoms with Gasteiger partial charge in [-0.15, -0.1) is 0 Å². The number of fused-ring (bicyclic) bond motifs is 1. The van der Waals surface area contributed by atoms with Crippen molar-refractivity contribution in [2.75, 3.05) is 18.1 Å². The van der Waals surface area contributed by atoms with Gasteiger partial charge in [0, 0.05) is 35.6 Å². The lowest BCUT2D eigenvalue weighted by atomic mass is 10.1. The number of carbonyl (C=O) groups excluding carboxylic acids is 1. The lowest BCUT2D eigenvalue weighted by Crippen LogP contribution is -2.24. The number of para-hydroxylation sites is 2. The van der Waals surface area contributed by atoms with Crippen LogP contribution < -0.4 is 9.64 Å². The molecule has 0 spiro atoms. The summed E-state index contributed by atoms with van der Waals surface area (Å²) in [6.45, 7) is 3.92. The molecule has 1 amide bonds. The van der Waals surface area contributed by atoms with Crippen molar-refractivity contribution < 1.29 is 9.53 Å². The molecule has 0 radical (unpaired) electrons. The van der Waals surface area contributed by atoms with Crippen LogP contribution in [0.5, 0.6) is 5.75 Å². The minimum atomic E-state index is 0.0358. The number of halogens is 1. The summed E-state index contributed by atoms with van der Waals surface area (Å²) in [6.07, 6.45) is 0.453. The van der Waals surface area contributed by atoms with Crippen LogP contribution in [0.1, 0.15) is 30.7 Å². The van der Waals surface area contributed by atoms with Crippen LogP contribution in [-0.2, 0) is 11.3 Å². The first-order valence-electron chi connectivity index (χ1n) is 10.8. The minimum absolute atomic E-state index is 0.0358. The molecule has 0 saturated carbocycles. The number of rotatable bonds is 6. The van der Waals surface area contributed by atoms with E-state index in [1.807, 2.05) is 66.4 Å². The van der Waals surface area contributed by atoms with Gasteiger partial charge in [0.1, 0.15) is 11.6 Å². The van der Waals surface area contributed by atoms with Crippen molar-refractivity contribution in [3.05, 3.63) is 88.7 Å². The van der Waals surface area contributed by atoms with E-state index < -0.39 is 0 Å². The van der Waals surface area contributed by atoms with E-state index >= 15 is 0 Å². The van der Waals surface area contributed by atoms with E-state index in [1.54, 1.807) is 0 Å². The van der Waals surface area contributed by atoms with E-state index in [0.29, 0.717) is 26.1 Å². The quantitative estimate of drug-likeness (QED) is 0.345. The number of ether oxygens (including phenoxy) is 1. The second kappa shape index (κ2) is 8.79. The minimum Gasteiger partial charge on any atom is -0.494 e. The maximum absolute atomic E-state index is 13.0. The van der Waals surface area contributed by atoms with Crippen LogP contribution in [0.2, 0.25) is 0 Å². The molecular formula is C26H24BrN3O2. The van der Waals surface area contributed by atoms with Crippen LogP contribution in [0, 0.1) is 0 Å². The van der Waals surface area contributed by atoms with Crippen molar-refractivity contribution in [1.29, 1.82) is 0 Å². The zero-order chi connectivity index (χ0) is 22.1. The zero-order valence-corrected chi connectivity index (χ0v) is 19.5. The molecule has 0 bridgehead atoms. The predicted octanol–water partition coefficient (Wildman–Crippen LogP) is 5.77. The number of hydrogen-bond acceptors (Lipinski definition) is 3. The van der Waals surface area contributed by atoms with Crippen LogP contribution >= 0.6 is 15.9 Å². The number of carbonyl (C=O) groups is 1. The summed E-state index contributed by atoms with van der Waals surface area (Å²) in [5.74, 6) is 1.94. The van der Waals surface area contributed by atoms with Crippen molar-refractivity contribution in [3.8, 4) is 5.75 Å². The first kappa shape index (κ1) is 20.8. The third kappa shape index (κ3) is 4.02. The number of aromatic nitrogens is 2. The maximum Gasteiger partial charge on any atom is 0.227 e. The number of amides is 1. The van der Waals surface area contributed by atoms with Crippen LogP contribution in [-0.4, -0.2) is 28.6 Å². The van der Waals surface area contributed by atoms with E-state index in [2.05, 4.69) is 38.7 Å². The SMILES string of the molecule is CCOc1ccc(N2CC(c3nc4ccccc4n3Cc3cccc(Br)c3)CC2=O)cc1. The molecule has 5 nitrogen and oxygen atoms in total. The van der Waals surface area contributed by atoms with E-state index in [0.717, 1.165) is 32.8 Å². The Bertz CT molecular complexity index is 1270. The van der Waals surface area contributed by atoms with Gasteiger partial charge in [0.25, 0.3) is 0 Å². The van der Waals surface area contributed by atoms with Gasteiger partial charge >= 0.3 is 0 Å². The van der Waals surface area contributed by atoms with Crippen LogP contribution in [0.4, 0.5) is 5.69 Å². The number of anilines is 1. The zero-order valence-electron chi connectivity index (χ0n) is 17.9. The summed E-state index contributed by atoms with van der Waals surface area (Å²) < 4.78 is 8.85. The Morgan fingerprint density at radius 1 is 1.06 bits per heavy atom. The summed E-state index contributed by atoms with van der Waals surface area (Å²) in [6, 6.07) is 24.3. The van der Waals surface area contributed by atoms with Crippen molar-refractivity contribution >= 4 is 38.6 Å². The number of imidazole rings is 1. The van der Waals surface area contributed by atoms with E-state index in [4.69, 9.17) is 9.72 Å². The van der Waals surface area contributed by atoms with Gasteiger partial charge < -0.3 is 14.2 Å². The fourth-order valence-corrected chi connectivity index (χ4v) is 4.86. The van der Waals surface area contributed by atoms with Gasteiger partial charge in [0.2, 0.25) is 5.91 Å². The van der Waals surface area contributed by atoms with Gasteiger partial charge in [0.05, 0.1) is 17.6 Å². The first-order valence-corrected chi connectivity index (χ1v) is 11.6. The first-order chi connectivity index (χ1) is 15.6. The molecule has 1 aliphatic heterocycles. The highest BCUT2D eigenvalue weighted by Crippen LogP contribution is 2.34. The highest BCUT2D eigenvalue weighted by molar-refractivity contribution is 9.10. The van der Waals surface area contributed by atoms with Gasteiger partial charge in [-0.25, -0.2) is 4.98 Å². The Morgan fingerprint density at radius 2 is 1.88 bits per heavy atom. The molecule has 32 heavy (non-hydrogen) atoms. The Balaban J connectivity index is 1.47. The lowest BCUT2D eigenvalue weighted by Gasteiger charge is -2.18. The number of nitrogens with zero attached hydrogens (tertiary/aromatic N) is 3. The number of benzene rings is 3. The summed E-state index contributed by atoms with van der Waals surface area (Å²) in [4.78, 5) is 19.8. The van der Waals surface area contributed by atoms with Crippen molar-refractivity contribution in [1.82, 2.24) is 9.55 Å². The van der Waals surface area contributed by atoms with Gasteiger partial charge in [-0.1, -0.05) is 40.2 Å². The molecule has 1 aliphatic rings. The maximum atomic E-state index is 13.0. The summed E-state index contributed by atoms with van der Waals surface area (Å²) in [5.41, 5.74) is 4.14. The lowest BCUT2D eigenvalue weighted by molar-refractivity contribution is -0.117. The van der Waals surface area contributed by atoms with E-state index in [9.17, 15) is 4.79 Å². The molecule has 6 heteroatoms. The Kier molecular flexibility index (Phi) is 5.70. The third-order valence-corrected chi connectivity index (χ3v) is 6.36. The van der Waals surface area contributed by atoms with Gasteiger partial charge in [-0.2, -0.15) is 0 Å². The summed E-state index contributed by atoms with van der Waals surface area (Å²) >= 11 is 3.57. The standard InChI is InChI=1S/C26H24BrN3O2/c1-2-32-22-12-10-21(11-13-22)29-17-19(15-25(29)31)26-28-23-8-3-4-9-24(23)30(26)16-18-6-5-7-20(27)14-18/h3-14,19H,2,15-17H2,1H3. The highest BCUT2D eigenvalue weighted by atomic mass is 79.9. The van der Waals surface area contributed by atoms with Crippen molar-refractivity contribution in [3.63, 3.8) is 0 Å². The fraction of sp³-hybridized carbons (Fsp3) is 0.231. The molecule has 3 aromatic carbocycles. The van der Waals surface area contributed by atoms with Crippen molar-refractivity contribution in [2.45, 2.75) is 25.8 Å². The van der Waals surface area contributed by atoms with E-state index in [-0.39, 0.29) is 11.8 Å². The second-order valence-electron chi connectivity index (χ2n) is 8.01.